The Bertz CT molecular complexity index is 436. The number of carbonyl (C=O) groups excluding carboxylic acids is 1. The number of piperidine rings is 1. The highest BCUT2D eigenvalue weighted by molar-refractivity contribution is 5.78. The van der Waals surface area contributed by atoms with Gasteiger partial charge in [-0.15, -0.1) is 0 Å². The highest BCUT2D eigenvalue weighted by atomic mass is 19.1. The monoisotopic (exact) mass is 264 g/mol. The average Bonchev–Trinajstić information content (AvgIpc) is 2.41. The van der Waals surface area contributed by atoms with Crippen LogP contribution in [0.1, 0.15) is 25.3 Å². The van der Waals surface area contributed by atoms with Crippen molar-refractivity contribution >= 4 is 5.91 Å². The van der Waals surface area contributed by atoms with Crippen LogP contribution < -0.4 is 5.32 Å². The van der Waals surface area contributed by atoms with E-state index in [4.69, 9.17) is 0 Å². The van der Waals surface area contributed by atoms with Gasteiger partial charge in [0.15, 0.2) is 0 Å². The molecule has 4 heteroatoms. The number of hydrogen-bond donors (Lipinski definition) is 1. The quantitative estimate of drug-likeness (QED) is 0.904. The second-order valence-electron chi connectivity index (χ2n) is 5.28. The van der Waals surface area contributed by atoms with Gasteiger partial charge in [0.1, 0.15) is 5.82 Å². The summed E-state index contributed by atoms with van der Waals surface area (Å²) in [6.45, 7) is 4.54. The summed E-state index contributed by atoms with van der Waals surface area (Å²) in [5, 5.41) is 3.02. The van der Waals surface area contributed by atoms with Crippen LogP contribution in [0.25, 0.3) is 0 Å². The molecular formula is C15H21FN2O. The molecule has 2 rings (SSSR count). The molecule has 1 aromatic carbocycles. The fraction of sp³-hybridized carbons (Fsp3) is 0.533. The van der Waals surface area contributed by atoms with Crippen LogP contribution in [0.4, 0.5) is 4.39 Å². The molecule has 0 aliphatic carbocycles. The topological polar surface area (TPSA) is 32.3 Å². The molecule has 1 fully saturated rings. The second-order valence-corrected chi connectivity index (χ2v) is 5.28. The predicted molar refractivity (Wildman–Crippen MR) is 73.1 cm³/mol. The van der Waals surface area contributed by atoms with E-state index in [-0.39, 0.29) is 18.3 Å². The van der Waals surface area contributed by atoms with Gasteiger partial charge in [-0.1, -0.05) is 25.1 Å². The molecule has 1 heterocycles. The number of hydrogen-bond acceptors (Lipinski definition) is 2. The van der Waals surface area contributed by atoms with Crippen molar-refractivity contribution in [2.24, 2.45) is 5.92 Å². The molecule has 1 amide bonds. The maximum atomic E-state index is 13.4. The van der Waals surface area contributed by atoms with Crippen molar-refractivity contribution in [2.45, 2.75) is 26.3 Å². The van der Waals surface area contributed by atoms with E-state index in [2.05, 4.69) is 12.2 Å². The van der Waals surface area contributed by atoms with Gasteiger partial charge in [0.05, 0.1) is 6.54 Å². The first kappa shape index (κ1) is 14.0. The lowest BCUT2D eigenvalue weighted by atomic mass is 10.0. The van der Waals surface area contributed by atoms with Crippen LogP contribution in [0.3, 0.4) is 0 Å². The molecule has 1 atom stereocenters. The number of nitrogens with one attached hydrogen (secondary N) is 1. The van der Waals surface area contributed by atoms with Gasteiger partial charge < -0.3 is 10.2 Å². The lowest BCUT2D eigenvalue weighted by Gasteiger charge is -2.31. The van der Waals surface area contributed by atoms with Crippen molar-refractivity contribution in [3.63, 3.8) is 0 Å². The SMILES string of the molecule is CC1CCCN(C(=O)CNCc2ccccc2F)C1. The van der Waals surface area contributed by atoms with Gasteiger partial charge >= 0.3 is 0 Å². The largest absolute Gasteiger partial charge is 0.341 e. The molecule has 0 saturated carbocycles. The Morgan fingerprint density at radius 1 is 1.47 bits per heavy atom. The second kappa shape index (κ2) is 6.66. The third-order valence-corrected chi connectivity index (χ3v) is 3.56. The fourth-order valence-electron chi connectivity index (χ4n) is 2.47. The minimum Gasteiger partial charge on any atom is -0.341 e. The summed E-state index contributed by atoms with van der Waals surface area (Å²) in [6.07, 6.45) is 2.28. The van der Waals surface area contributed by atoms with E-state index in [0.29, 0.717) is 18.0 Å². The van der Waals surface area contributed by atoms with Gasteiger partial charge in [-0.3, -0.25) is 4.79 Å². The Hall–Kier alpha value is -1.42. The van der Waals surface area contributed by atoms with Crippen LogP contribution >= 0.6 is 0 Å². The van der Waals surface area contributed by atoms with E-state index < -0.39 is 0 Å². The van der Waals surface area contributed by atoms with Crippen LogP contribution in [-0.4, -0.2) is 30.4 Å². The molecule has 1 aliphatic rings. The van der Waals surface area contributed by atoms with E-state index in [1.807, 2.05) is 4.90 Å². The van der Waals surface area contributed by atoms with Crippen LogP contribution in [0.2, 0.25) is 0 Å². The lowest BCUT2D eigenvalue weighted by molar-refractivity contribution is -0.131. The number of halogens is 1. The van der Waals surface area contributed by atoms with Crippen molar-refractivity contribution in [1.82, 2.24) is 10.2 Å². The van der Waals surface area contributed by atoms with Gasteiger partial charge in [-0.25, -0.2) is 4.39 Å². The van der Waals surface area contributed by atoms with Crippen LogP contribution in [0.5, 0.6) is 0 Å². The maximum Gasteiger partial charge on any atom is 0.236 e. The summed E-state index contributed by atoms with van der Waals surface area (Å²) in [5.74, 6) is 0.473. The predicted octanol–water partition coefficient (Wildman–Crippen LogP) is 2.17. The van der Waals surface area contributed by atoms with Crippen LogP contribution in [0, 0.1) is 11.7 Å². The van der Waals surface area contributed by atoms with Gasteiger partial charge in [0.25, 0.3) is 0 Å². The van der Waals surface area contributed by atoms with Gasteiger partial charge in [-0.05, 0) is 24.8 Å². The standard InChI is InChI=1S/C15H21FN2O/c1-12-5-4-8-18(11-12)15(19)10-17-9-13-6-2-3-7-14(13)16/h2-3,6-7,12,17H,4-5,8-11H2,1H3. The minimum absolute atomic E-state index is 0.114. The molecule has 1 unspecified atom stereocenters. The number of rotatable bonds is 4. The number of likely N-dealkylation sites (tertiary alicyclic amines) is 1. The molecule has 0 radical (unpaired) electrons. The summed E-state index contributed by atoms with van der Waals surface area (Å²) in [4.78, 5) is 13.9. The Balaban J connectivity index is 1.76. The highest BCUT2D eigenvalue weighted by Crippen LogP contribution is 2.15. The number of carbonyl (C=O) groups is 1. The summed E-state index contributed by atoms with van der Waals surface area (Å²) in [6, 6.07) is 6.63. The Morgan fingerprint density at radius 3 is 3.00 bits per heavy atom. The normalized spacial score (nSPS) is 19.5. The molecule has 0 spiro atoms. The Labute approximate surface area is 113 Å². The van der Waals surface area contributed by atoms with E-state index in [0.717, 1.165) is 19.5 Å². The Kier molecular flexibility index (Phi) is 4.91. The fourth-order valence-corrected chi connectivity index (χ4v) is 2.47. The number of benzene rings is 1. The number of amides is 1. The summed E-state index contributed by atoms with van der Waals surface area (Å²) < 4.78 is 13.4. The minimum atomic E-state index is -0.228. The molecule has 0 bridgehead atoms. The van der Waals surface area contributed by atoms with Crippen molar-refractivity contribution in [2.75, 3.05) is 19.6 Å². The van der Waals surface area contributed by atoms with Crippen LogP contribution in [-0.2, 0) is 11.3 Å². The average molecular weight is 264 g/mol. The van der Waals surface area contributed by atoms with E-state index in [1.54, 1.807) is 18.2 Å². The summed E-state index contributed by atoms with van der Waals surface area (Å²) >= 11 is 0. The van der Waals surface area contributed by atoms with Gasteiger partial charge in [-0.2, -0.15) is 0 Å². The molecule has 0 aromatic heterocycles. The van der Waals surface area contributed by atoms with E-state index in [1.165, 1.54) is 12.5 Å². The number of nitrogens with zero attached hydrogens (tertiary/aromatic N) is 1. The molecular weight excluding hydrogens is 243 g/mol. The molecule has 1 aromatic rings. The molecule has 19 heavy (non-hydrogen) atoms. The van der Waals surface area contributed by atoms with Crippen molar-refractivity contribution in [3.05, 3.63) is 35.6 Å². The molecule has 3 nitrogen and oxygen atoms in total. The zero-order chi connectivity index (χ0) is 13.7. The zero-order valence-corrected chi connectivity index (χ0v) is 11.4. The first-order valence-electron chi connectivity index (χ1n) is 6.88. The summed E-state index contributed by atoms with van der Waals surface area (Å²) in [7, 11) is 0. The zero-order valence-electron chi connectivity index (χ0n) is 11.4. The first-order chi connectivity index (χ1) is 9.16. The highest BCUT2D eigenvalue weighted by Gasteiger charge is 2.20. The summed E-state index contributed by atoms with van der Waals surface area (Å²) in [5.41, 5.74) is 0.599. The van der Waals surface area contributed by atoms with E-state index in [9.17, 15) is 9.18 Å². The van der Waals surface area contributed by atoms with Crippen molar-refractivity contribution in [3.8, 4) is 0 Å². The smallest absolute Gasteiger partial charge is 0.236 e. The molecule has 1 N–H and O–H groups in total. The third-order valence-electron chi connectivity index (χ3n) is 3.56. The third kappa shape index (κ3) is 4.03. The van der Waals surface area contributed by atoms with Crippen molar-refractivity contribution in [1.29, 1.82) is 0 Å². The van der Waals surface area contributed by atoms with E-state index >= 15 is 0 Å². The first-order valence-corrected chi connectivity index (χ1v) is 6.88. The lowest BCUT2D eigenvalue weighted by Crippen LogP contribution is -2.43. The van der Waals surface area contributed by atoms with Crippen LogP contribution in [0.15, 0.2) is 24.3 Å². The van der Waals surface area contributed by atoms with Crippen molar-refractivity contribution < 1.29 is 9.18 Å². The molecule has 1 saturated heterocycles. The van der Waals surface area contributed by atoms with Gasteiger partial charge in [0.2, 0.25) is 5.91 Å². The maximum absolute atomic E-state index is 13.4. The van der Waals surface area contributed by atoms with Gasteiger partial charge in [0, 0.05) is 25.2 Å². The Morgan fingerprint density at radius 2 is 2.26 bits per heavy atom. The molecule has 1 aliphatic heterocycles. The molecule has 104 valence electrons.